The van der Waals surface area contributed by atoms with Crippen LogP contribution in [0.4, 0.5) is 0 Å². The van der Waals surface area contributed by atoms with Crippen LogP contribution in [-0.2, 0) is 0 Å². The number of thiophene rings is 1. The average molecular weight is 552 g/mol. The SMILES string of the molecule is N#Cc1cccc(C#N)c1-c1cc2c3ccc4c5ccccc5sc4c3n(-c3ccccc3)c2cc1-c1ccccc1. The highest BCUT2D eigenvalue weighted by molar-refractivity contribution is 7.26. The molecule has 0 radical (unpaired) electrons. The Balaban J connectivity index is 1.61. The number of rotatable bonds is 3. The van der Waals surface area contributed by atoms with Crippen molar-refractivity contribution in [3.63, 3.8) is 0 Å². The van der Waals surface area contributed by atoms with Crippen LogP contribution in [0.5, 0.6) is 0 Å². The van der Waals surface area contributed by atoms with Gasteiger partial charge in [-0.05, 0) is 59.2 Å². The largest absolute Gasteiger partial charge is 0.308 e. The summed E-state index contributed by atoms with van der Waals surface area (Å²) < 4.78 is 4.88. The van der Waals surface area contributed by atoms with Gasteiger partial charge < -0.3 is 4.57 Å². The van der Waals surface area contributed by atoms with E-state index in [-0.39, 0.29) is 0 Å². The molecule has 0 saturated heterocycles. The number of nitriles is 2. The van der Waals surface area contributed by atoms with Gasteiger partial charge in [0.2, 0.25) is 0 Å². The number of para-hydroxylation sites is 1. The van der Waals surface area contributed by atoms with Crippen molar-refractivity contribution in [1.82, 2.24) is 4.57 Å². The van der Waals surface area contributed by atoms with Gasteiger partial charge in [0.1, 0.15) is 0 Å². The summed E-state index contributed by atoms with van der Waals surface area (Å²) >= 11 is 1.82. The van der Waals surface area contributed by atoms with E-state index in [9.17, 15) is 10.5 Å². The molecule has 0 aliphatic heterocycles. The van der Waals surface area contributed by atoms with Crippen molar-refractivity contribution < 1.29 is 0 Å². The third kappa shape index (κ3) is 3.50. The second-order valence-corrected chi connectivity index (χ2v) is 11.4. The van der Waals surface area contributed by atoms with Gasteiger partial charge in [-0.1, -0.05) is 84.9 Å². The third-order valence-corrected chi connectivity index (χ3v) is 9.28. The summed E-state index contributed by atoms with van der Waals surface area (Å²) in [6.07, 6.45) is 0. The highest BCUT2D eigenvalue weighted by Gasteiger charge is 2.22. The summed E-state index contributed by atoms with van der Waals surface area (Å²) in [5.74, 6) is 0. The quantitative estimate of drug-likeness (QED) is 0.219. The van der Waals surface area contributed by atoms with E-state index in [4.69, 9.17) is 0 Å². The molecule has 0 amide bonds. The Kier molecular flexibility index (Phi) is 5.44. The maximum absolute atomic E-state index is 10.1. The normalized spacial score (nSPS) is 11.3. The number of nitrogens with zero attached hydrogens (tertiary/aromatic N) is 3. The third-order valence-electron chi connectivity index (χ3n) is 8.09. The second kappa shape index (κ2) is 9.46. The molecule has 194 valence electrons. The number of benzene rings is 6. The molecule has 0 spiro atoms. The molecule has 0 N–H and O–H groups in total. The highest BCUT2D eigenvalue weighted by atomic mass is 32.1. The Morgan fingerprint density at radius 3 is 1.95 bits per heavy atom. The van der Waals surface area contributed by atoms with Gasteiger partial charge in [-0.3, -0.25) is 0 Å². The summed E-state index contributed by atoms with van der Waals surface area (Å²) in [4.78, 5) is 0. The molecule has 6 aromatic carbocycles. The van der Waals surface area contributed by atoms with E-state index < -0.39 is 0 Å². The molecule has 0 saturated carbocycles. The Hall–Kier alpha value is -5.68. The Morgan fingerprint density at radius 1 is 0.548 bits per heavy atom. The summed E-state index contributed by atoms with van der Waals surface area (Å²) in [7, 11) is 0. The molecule has 0 aliphatic carbocycles. The second-order valence-electron chi connectivity index (χ2n) is 10.3. The van der Waals surface area contributed by atoms with Gasteiger partial charge in [0.15, 0.2) is 0 Å². The van der Waals surface area contributed by atoms with Gasteiger partial charge in [-0.2, -0.15) is 10.5 Å². The predicted octanol–water partition coefficient (Wildman–Crippen LogP) is 10.2. The van der Waals surface area contributed by atoms with Crippen LogP contribution in [0.1, 0.15) is 11.1 Å². The average Bonchev–Trinajstić information content (AvgIpc) is 3.60. The predicted molar refractivity (Wildman–Crippen MR) is 174 cm³/mol. The van der Waals surface area contributed by atoms with Gasteiger partial charge in [0, 0.05) is 37.5 Å². The first-order chi connectivity index (χ1) is 20.8. The van der Waals surface area contributed by atoms with E-state index in [1.54, 1.807) is 18.2 Å². The standard InChI is InChI=1S/C38H21N3S/c39-22-25-12-9-13-26(23-40)36(25)33-20-32-29-18-19-30-28-16-7-8-17-35(28)42-38(30)37(29)41(27-14-5-2-6-15-27)34(32)21-31(33)24-10-3-1-4-11-24/h1-21H. The molecule has 0 fully saturated rings. The van der Waals surface area contributed by atoms with Crippen molar-refractivity contribution in [2.24, 2.45) is 0 Å². The van der Waals surface area contributed by atoms with Crippen LogP contribution < -0.4 is 0 Å². The van der Waals surface area contributed by atoms with Gasteiger partial charge in [0.05, 0.1) is 39.0 Å². The smallest absolute Gasteiger partial charge is 0.0998 e. The maximum Gasteiger partial charge on any atom is 0.0998 e. The van der Waals surface area contributed by atoms with E-state index in [1.165, 1.54) is 25.7 Å². The first kappa shape index (κ1) is 24.1. The van der Waals surface area contributed by atoms with Gasteiger partial charge >= 0.3 is 0 Å². The fraction of sp³-hybridized carbons (Fsp3) is 0. The van der Waals surface area contributed by atoms with Crippen LogP contribution >= 0.6 is 11.3 Å². The van der Waals surface area contributed by atoms with Crippen LogP contribution in [0.2, 0.25) is 0 Å². The molecule has 0 bridgehead atoms. The van der Waals surface area contributed by atoms with E-state index in [2.05, 4.69) is 102 Å². The zero-order valence-corrected chi connectivity index (χ0v) is 23.2. The molecule has 42 heavy (non-hydrogen) atoms. The fourth-order valence-electron chi connectivity index (χ4n) is 6.26. The molecule has 8 rings (SSSR count). The molecule has 4 heteroatoms. The maximum atomic E-state index is 10.1. The van der Waals surface area contributed by atoms with E-state index in [0.29, 0.717) is 16.7 Å². The molecule has 2 heterocycles. The minimum absolute atomic E-state index is 0.490. The van der Waals surface area contributed by atoms with Crippen LogP contribution in [0.3, 0.4) is 0 Å². The zero-order chi connectivity index (χ0) is 28.2. The number of hydrogen-bond donors (Lipinski definition) is 0. The molecule has 3 nitrogen and oxygen atoms in total. The molecular weight excluding hydrogens is 531 g/mol. The monoisotopic (exact) mass is 551 g/mol. The zero-order valence-electron chi connectivity index (χ0n) is 22.4. The van der Waals surface area contributed by atoms with Crippen molar-refractivity contribution >= 4 is 53.3 Å². The lowest BCUT2D eigenvalue weighted by Crippen LogP contribution is -1.96. The van der Waals surface area contributed by atoms with Gasteiger partial charge in [0.25, 0.3) is 0 Å². The first-order valence-corrected chi connectivity index (χ1v) is 14.6. The summed E-state index contributed by atoms with van der Waals surface area (Å²) in [6, 6.07) is 48.3. The molecule has 2 aromatic heterocycles. The Labute approximate surface area is 246 Å². The summed E-state index contributed by atoms with van der Waals surface area (Å²) in [5.41, 5.74) is 7.88. The molecule has 0 atom stereocenters. The molecular formula is C38H21N3S. The minimum atomic E-state index is 0.490. The van der Waals surface area contributed by atoms with Crippen LogP contribution in [0.15, 0.2) is 127 Å². The first-order valence-electron chi connectivity index (χ1n) is 13.7. The highest BCUT2D eigenvalue weighted by Crippen LogP contribution is 2.46. The van der Waals surface area contributed by atoms with Crippen molar-refractivity contribution in [2.75, 3.05) is 0 Å². The van der Waals surface area contributed by atoms with E-state index in [0.717, 1.165) is 38.7 Å². The molecule has 0 unspecified atom stereocenters. The van der Waals surface area contributed by atoms with Crippen molar-refractivity contribution in [2.45, 2.75) is 0 Å². The van der Waals surface area contributed by atoms with Crippen molar-refractivity contribution in [3.8, 4) is 40.1 Å². The van der Waals surface area contributed by atoms with E-state index >= 15 is 0 Å². The van der Waals surface area contributed by atoms with Crippen molar-refractivity contribution in [1.29, 1.82) is 10.5 Å². The lowest BCUT2D eigenvalue weighted by atomic mass is 9.88. The van der Waals surface area contributed by atoms with Crippen LogP contribution in [-0.4, -0.2) is 4.57 Å². The lowest BCUT2D eigenvalue weighted by molar-refractivity contribution is 1.19. The van der Waals surface area contributed by atoms with Gasteiger partial charge in [-0.15, -0.1) is 11.3 Å². The minimum Gasteiger partial charge on any atom is -0.308 e. The topological polar surface area (TPSA) is 52.5 Å². The summed E-state index contributed by atoms with van der Waals surface area (Å²) in [5, 5.41) is 25.0. The van der Waals surface area contributed by atoms with Crippen molar-refractivity contribution in [3.05, 3.63) is 139 Å². The number of aromatic nitrogens is 1. The lowest BCUT2D eigenvalue weighted by Gasteiger charge is -2.15. The van der Waals surface area contributed by atoms with Crippen LogP contribution in [0.25, 0.3) is 69.9 Å². The van der Waals surface area contributed by atoms with E-state index in [1.807, 2.05) is 35.6 Å². The molecule has 8 aromatic rings. The Bertz CT molecular complexity index is 2390. The molecule has 0 aliphatic rings. The van der Waals surface area contributed by atoms with Gasteiger partial charge in [-0.25, -0.2) is 0 Å². The fourth-order valence-corrected chi connectivity index (χ4v) is 7.50. The number of fused-ring (bicyclic) bond motifs is 7. The van der Waals surface area contributed by atoms with Crippen LogP contribution in [0, 0.1) is 22.7 Å². The summed E-state index contributed by atoms with van der Waals surface area (Å²) in [6.45, 7) is 0. The number of hydrogen-bond acceptors (Lipinski definition) is 3. The Morgan fingerprint density at radius 2 is 1.21 bits per heavy atom.